The minimum Gasteiger partial charge on any atom is -0.390 e. The summed E-state index contributed by atoms with van der Waals surface area (Å²) in [7, 11) is 0. The summed E-state index contributed by atoms with van der Waals surface area (Å²) in [5, 5.41) is 22.8. The van der Waals surface area contributed by atoms with E-state index in [1.54, 1.807) is 27.1 Å². The second-order valence-electron chi connectivity index (χ2n) is 14.6. The summed E-state index contributed by atoms with van der Waals surface area (Å²) in [5.74, 6) is 0.423. The zero-order valence-corrected chi connectivity index (χ0v) is 28.9. The second kappa shape index (κ2) is 19.4. The minimum atomic E-state index is -1.11. The summed E-state index contributed by atoms with van der Waals surface area (Å²) in [6.07, 6.45) is 13.5. The van der Waals surface area contributed by atoms with Crippen LogP contribution in [-0.4, -0.2) is 105 Å². The van der Waals surface area contributed by atoms with Crippen LogP contribution in [0.4, 0.5) is 0 Å². The molecule has 2 heterocycles. The molecule has 0 radical (unpaired) electrons. The third-order valence-corrected chi connectivity index (χ3v) is 10.4. The number of aliphatic hydroxyl groups excluding tert-OH is 2. The number of amides is 3. The maximum absolute atomic E-state index is 14.2. The third-order valence-electron chi connectivity index (χ3n) is 10.4. The Morgan fingerprint density at radius 1 is 0.936 bits per heavy atom. The van der Waals surface area contributed by atoms with Crippen molar-refractivity contribution in [3.8, 4) is 0 Å². The highest BCUT2D eigenvalue weighted by Crippen LogP contribution is 2.32. The fourth-order valence-corrected chi connectivity index (χ4v) is 7.70. The van der Waals surface area contributed by atoms with E-state index in [1.807, 2.05) is 26.0 Å². The molecule has 1 aliphatic heterocycles. The van der Waals surface area contributed by atoms with Crippen molar-refractivity contribution in [2.45, 2.75) is 129 Å². The average molecular weight is 657 g/mol. The summed E-state index contributed by atoms with van der Waals surface area (Å²) in [5.41, 5.74) is 0.835. The number of pyridine rings is 1. The van der Waals surface area contributed by atoms with E-state index in [-0.39, 0.29) is 49.6 Å². The Kier molecular flexibility index (Phi) is 15.4. The monoisotopic (exact) mass is 656 g/mol. The molecule has 1 saturated heterocycles. The van der Waals surface area contributed by atoms with Crippen molar-refractivity contribution in [2.75, 3.05) is 39.4 Å². The van der Waals surface area contributed by atoms with Gasteiger partial charge in [-0.3, -0.25) is 19.4 Å². The average Bonchev–Trinajstić information content (AvgIpc) is 3.09. The molecule has 3 fully saturated rings. The molecule has 2 N–H and O–H groups in total. The number of ether oxygens (including phenoxy) is 1. The summed E-state index contributed by atoms with van der Waals surface area (Å²) in [6.45, 7) is 6.88. The predicted molar refractivity (Wildman–Crippen MR) is 181 cm³/mol. The summed E-state index contributed by atoms with van der Waals surface area (Å²) in [6, 6.07) is 3.16. The molecule has 0 bridgehead atoms. The number of aliphatic hydroxyl groups is 2. The zero-order chi connectivity index (χ0) is 33.6. The number of hydrogen-bond donors (Lipinski definition) is 2. The van der Waals surface area contributed by atoms with Crippen LogP contribution >= 0.6 is 0 Å². The largest absolute Gasteiger partial charge is 0.390 e. The highest BCUT2D eigenvalue weighted by Gasteiger charge is 2.37. The third kappa shape index (κ3) is 12.1. The van der Waals surface area contributed by atoms with Crippen molar-refractivity contribution in [3.63, 3.8) is 0 Å². The van der Waals surface area contributed by atoms with E-state index in [9.17, 15) is 24.6 Å². The van der Waals surface area contributed by atoms with Gasteiger partial charge in [-0.05, 0) is 55.1 Å². The van der Waals surface area contributed by atoms with Crippen molar-refractivity contribution >= 4 is 17.7 Å². The van der Waals surface area contributed by atoms with E-state index in [0.717, 1.165) is 56.9 Å². The topological polar surface area (TPSA) is 124 Å². The Bertz CT molecular complexity index is 1090. The van der Waals surface area contributed by atoms with Crippen LogP contribution in [0.2, 0.25) is 0 Å². The van der Waals surface area contributed by atoms with Gasteiger partial charge in [0, 0.05) is 51.4 Å². The Hall–Kier alpha value is -2.56. The molecule has 264 valence electrons. The van der Waals surface area contributed by atoms with Crippen molar-refractivity contribution in [1.82, 2.24) is 19.7 Å². The fraction of sp³-hybridized carbons (Fsp3) is 0.784. The smallest absolute Gasteiger partial charge is 0.242 e. The van der Waals surface area contributed by atoms with Gasteiger partial charge in [-0.15, -0.1) is 0 Å². The molecule has 47 heavy (non-hydrogen) atoms. The number of nitrogens with zero attached hydrogens (tertiary/aromatic N) is 4. The normalized spacial score (nSPS) is 20.1. The molecule has 0 spiro atoms. The van der Waals surface area contributed by atoms with Gasteiger partial charge in [0.25, 0.3) is 0 Å². The SMILES string of the molecule is CC(C)C[C@H](O)[C@H](O)[C@H](CC1CCCCC1)N(Cc1cccnc1)C(=O)CCC(=O)N(CC(=O)N1CCOCC1)CC1CCCCC1. The maximum atomic E-state index is 14.2. The summed E-state index contributed by atoms with van der Waals surface area (Å²) in [4.78, 5) is 50.7. The molecule has 1 aromatic rings. The number of hydrogen-bond acceptors (Lipinski definition) is 7. The van der Waals surface area contributed by atoms with Crippen LogP contribution in [0.25, 0.3) is 0 Å². The molecule has 4 rings (SSSR count). The first-order chi connectivity index (χ1) is 22.7. The van der Waals surface area contributed by atoms with Gasteiger partial charge < -0.3 is 29.6 Å². The first kappa shape index (κ1) is 37.3. The lowest BCUT2D eigenvalue weighted by Crippen LogP contribution is -2.52. The lowest BCUT2D eigenvalue weighted by Gasteiger charge is -2.40. The Morgan fingerprint density at radius 3 is 2.19 bits per heavy atom. The number of rotatable bonds is 16. The highest BCUT2D eigenvalue weighted by molar-refractivity contribution is 5.87. The van der Waals surface area contributed by atoms with E-state index in [1.165, 1.54) is 12.8 Å². The molecule has 3 amide bonds. The standard InChI is InChI=1S/C37H60N4O6/c1-28(2)22-33(42)37(46)32(23-29-10-5-3-6-11-29)41(26-31-14-9-17-38-24-31)35(44)16-15-34(43)40(25-30-12-7-4-8-13-30)27-36(45)39-18-20-47-21-19-39/h9,14,17,24,28-30,32-33,37,42,46H,3-8,10-13,15-16,18-23,25-27H2,1-2H3/t32-,33-,37+/m0/s1. The van der Waals surface area contributed by atoms with Crippen LogP contribution in [0.5, 0.6) is 0 Å². The molecule has 2 aliphatic carbocycles. The van der Waals surface area contributed by atoms with Gasteiger partial charge in [0.2, 0.25) is 17.7 Å². The quantitative estimate of drug-likeness (QED) is 0.267. The van der Waals surface area contributed by atoms with Crippen LogP contribution in [0.3, 0.4) is 0 Å². The maximum Gasteiger partial charge on any atom is 0.242 e. The van der Waals surface area contributed by atoms with Gasteiger partial charge in [-0.1, -0.05) is 71.3 Å². The number of morpholine rings is 1. The summed E-state index contributed by atoms with van der Waals surface area (Å²) >= 11 is 0. The van der Waals surface area contributed by atoms with Gasteiger partial charge in [0.05, 0.1) is 31.9 Å². The van der Waals surface area contributed by atoms with Gasteiger partial charge >= 0.3 is 0 Å². The van der Waals surface area contributed by atoms with Crippen molar-refractivity contribution in [2.24, 2.45) is 17.8 Å². The Labute approximate surface area is 282 Å². The van der Waals surface area contributed by atoms with Gasteiger partial charge in [-0.25, -0.2) is 0 Å². The van der Waals surface area contributed by atoms with E-state index >= 15 is 0 Å². The van der Waals surface area contributed by atoms with Gasteiger partial charge in [0.1, 0.15) is 6.10 Å². The van der Waals surface area contributed by atoms with Crippen LogP contribution in [0.1, 0.15) is 109 Å². The number of carbonyl (C=O) groups excluding carboxylic acids is 3. The first-order valence-electron chi connectivity index (χ1n) is 18.4. The molecule has 10 heteroatoms. The molecule has 3 atom stereocenters. The molecule has 0 aromatic carbocycles. The van der Waals surface area contributed by atoms with Crippen LogP contribution < -0.4 is 0 Å². The van der Waals surface area contributed by atoms with Crippen LogP contribution in [0, 0.1) is 17.8 Å². The van der Waals surface area contributed by atoms with Crippen molar-refractivity contribution in [1.29, 1.82) is 0 Å². The molecule has 1 aromatic heterocycles. The second-order valence-corrected chi connectivity index (χ2v) is 14.6. The molecule has 10 nitrogen and oxygen atoms in total. The number of aromatic nitrogens is 1. The highest BCUT2D eigenvalue weighted by atomic mass is 16.5. The predicted octanol–water partition coefficient (Wildman–Crippen LogP) is 4.57. The molecular weight excluding hydrogens is 596 g/mol. The molecule has 2 saturated carbocycles. The van der Waals surface area contributed by atoms with Gasteiger partial charge in [0.15, 0.2) is 0 Å². The van der Waals surface area contributed by atoms with Crippen LogP contribution in [0.15, 0.2) is 24.5 Å². The van der Waals surface area contributed by atoms with E-state index < -0.39 is 18.2 Å². The van der Waals surface area contributed by atoms with Crippen molar-refractivity contribution in [3.05, 3.63) is 30.1 Å². The number of carbonyl (C=O) groups is 3. The molecular formula is C37H60N4O6. The molecule has 3 aliphatic rings. The fourth-order valence-electron chi connectivity index (χ4n) is 7.70. The minimum absolute atomic E-state index is 0.00766. The summed E-state index contributed by atoms with van der Waals surface area (Å²) < 4.78 is 5.42. The first-order valence-corrected chi connectivity index (χ1v) is 18.4. The van der Waals surface area contributed by atoms with Crippen LogP contribution in [-0.2, 0) is 25.7 Å². The van der Waals surface area contributed by atoms with E-state index in [2.05, 4.69) is 4.98 Å². The van der Waals surface area contributed by atoms with E-state index in [4.69, 9.17) is 4.74 Å². The lowest BCUT2D eigenvalue weighted by atomic mass is 9.81. The zero-order valence-electron chi connectivity index (χ0n) is 28.9. The van der Waals surface area contributed by atoms with Gasteiger partial charge in [-0.2, -0.15) is 0 Å². The van der Waals surface area contributed by atoms with E-state index in [0.29, 0.717) is 57.5 Å². The molecule has 0 unspecified atom stereocenters. The lowest BCUT2D eigenvalue weighted by molar-refractivity contribution is -0.146. The Morgan fingerprint density at radius 2 is 1.57 bits per heavy atom. The van der Waals surface area contributed by atoms with Crippen molar-refractivity contribution < 1.29 is 29.3 Å². The Balaban J connectivity index is 1.51.